The molecule has 8 nitrogen and oxygen atoms in total. The average molecular weight is 484 g/mol. The van der Waals surface area contributed by atoms with Gasteiger partial charge in [0.1, 0.15) is 0 Å². The van der Waals surface area contributed by atoms with E-state index in [1.54, 1.807) is 16.9 Å². The molecule has 5 rings (SSSR count). The standard InChI is InChI=1S/C21H22ClN7O.2C2H6/c22-16-5-3-15(4-6-16)21(14-30)7-10-28(11-8-21)18-2-1-9-29-19(18)26-20(27-29)25-17-12-23-24-13-17;2*1-2/h1-6,9,12-13,30H,7-8,10-11,14H2,(H,23,24)(H,25,27);2*1-2H3. The zero-order valence-electron chi connectivity index (χ0n) is 20.3. The molecule has 0 saturated carbocycles. The molecular formula is C25H34ClN7O. The van der Waals surface area contributed by atoms with Crippen molar-refractivity contribution < 1.29 is 5.11 Å². The van der Waals surface area contributed by atoms with Crippen molar-refractivity contribution in [3.05, 3.63) is 65.6 Å². The molecule has 1 saturated heterocycles. The Balaban J connectivity index is 0.000000771. The normalized spacial score (nSPS) is 14.6. The summed E-state index contributed by atoms with van der Waals surface area (Å²) in [4.78, 5) is 7.00. The largest absolute Gasteiger partial charge is 0.395 e. The van der Waals surface area contributed by atoms with Crippen LogP contribution in [-0.2, 0) is 5.41 Å². The molecule has 0 aliphatic carbocycles. The van der Waals surface area contributed by atoms with Crippen molar-refractivity contribution in [2.24, 2.45) is 0 Å². The fraction of sp³-hybridized carbons (Fsp3) is 0.400. The van der Waals surface area contributed by atoms with Crippen molar-refractivity contribution in [1.82, 2.24) is 24.8 Å². The van der Waals surface area contributed by atoms with Crippen LogP contribution in [0.3, 0.4) is 0 Å². The van der Waals surface area contributed by atoms with Crippen LogP contribution in [0.15, 0.2) is 55.0 Å². The van der Waals surface area contributed by atoms with Crippen LogP contribution in [0.2, 0.25) is 5.02 Å². The summed E-state index contributed by atoms with van der Waals surface area (Å²) in [7, 11) is 0. The van der Waals surface area contributed by atoms with Gasteiger partial charge in [0.25, 0.3) is 0 Å². The molecule has 4 aromatic rings. The molecule has 0 bridgehead atoms. The number of pyridine rings is 1. The van der Waals surface area contributed by atoms with Gasteiger partial charge in [-0.3, -0.25) is 5.10 Å². The number of halogens is 1. The minimum Gasteiger partial charge on any atom is -0.395 e. The Kier molecular flexibility index (Phi) is 8.90. The smallest absolute Gasteiger partial charge is 0.247 e. The number of aliphatic hydroxyl groups excluding tert-OH is 1. The Morgan fingerprint density at radius 3 is 2.41 bits per heavy atom. The Morgan fingerprint density at radius 2 is 1.79 bits per heavy atom. The van der Waals surface area contributed by atoms with Crippen LogP contribution in [0, 0.1) is 0 Å². The zero-order chi connectivity index (χ0) is 24.6. The first kappa shape index (κ1) is 25.5. The van der Waals surface area contributed by atoms with Gasteiger partial charge in [-0.1, -0.05) is 51.4 Å². The molecule has 1 fully saturated rings. The van der Waals surface area contributed by atoms with Gasteiger partial charge in [-0.2, -0.15) is 10.1 Å². The molecule has 9 heteroatoms. The molecule has 0 unspecified atom stereocenters. The summed E-state index contributed by atoms with van der Waals surface area (Å²) >= 11 is 6.05. The highest BCUT2D eigenvalue weighted by Gasteiger charge is 2.36. The monoisotopic (exact) mass is 483 g/mol. The lowest BCUT2D eigenvalue weighted by atomic mass is 9.73. The van der Waals surface area contributed by atoms with E-state index in [4.69, 9.17) is 11.6 Å². The predicted molar refractivity (Wildman–Crippen MR) is 139 cm³/mol. The summed E-state index contributed by atoms with van der Waals surface area (Å²) in [5.41, 5.74) is 3.54. The van der Waals surface area contributed by atoms with E-state index in [0.29, 0.717) is 11.0 Å². The number of H-pyrrole nitrogens is 1. The highest BCUT2D eigenvalue weighted by atomic mass is 35.5. The third-order valence-electron chi connectivity index (χ3n) is 5.92. The minimum absolute atomic E-state index is 0.121. The molecule has 1 aliphatic heterocycles. The van der Waals surface area contributed by atoms with Gasteiger partial charge in [0, 0.05) is 35.9 Å². The van der Waals surface area contributed by atoms with Crippen LogP contribution < -0.4 is 10.2 Å². The topological polar surface area (TPSA) is 94.4 Å². The van der Waals surface area contributed by atoms with E-state index in [-0.39, 0.29) is 12.0 Å². The molecule has 1 aromatic carbocycles. The van der Waals surface area contributed by atoms with Gasteiger partial charge in [-0.25, -0.2) is 4.52 Å². The van der Waals surface area contributed by atoms with E-state index in [0.717, 1.165) is 48.5 Å². The number of benzene rings is 1. The van der Waals surface area contributed by atoms with Crippen molar-refractivity contribution in [2.75, 3.05) is 29.9 Å². The second kappa shape index (κ2) is 11.9. The van der Waals surface area contributed by atoms with E-state index >= 15 is 0 Å². The molecule has 4 heterocycles. The van der Waals surface area contributed by atoms with Crippen molar-refractivity contribution in [2.45, 2.75) is 46.0 Å². The molecule has 182 valence electrons. The van der Waals surface area contributed by atoms with Crippen LogP contribution in [0.25, 0.3) is 5.65 Å². The van der Waals surface area contributed by atoms with Gasteiger partial charge < -0.3 is 15.3 Å². The van der Waals surface area contributed by atoms with Crippen LogP contribution in [-0.4, -0.2) is 49.6 Å². The Bertz CT molecular complexity index is 1130. The summed E-state index contributed by atoms with van der Waals surface area (Å²) < 4.78 is 1.78. The highest BCUT2D eigenvalue weighted by Crippen LogP contribution is 2.37. The maximum atomic E-state index is 10.2. The van der Waals surface area contributed by atoms with E-state index in [1.807, 2.05) is 64.2 Å². The number of rotatable bonds is 5. The van der Waals surface area contributed by atoms with Crippen molar-refractivity contribution in [3.8, 4) is 0 Å². The molecule has 1 aliphatic rings. The maximum Gasteiger partial charge on any atom is 0.247 e. The van der Waals surface area contributed by atoms with Crippen LogP contribution in [0.1, 0.15) is 46.1 Å². The van der Waals surface area contributed by atoms with Gasteiger partial charge in [-0.05, 0) is 42.7 Å². The number of aromatic amines is 1. The van der Waals surface area contributed by atoms with E-state index in [2.05, 4.69) is 36.6 Å². The van der Waals surface area contributed by atoms with Crippen LogP contribution >= 0.6 is 11.6 Å². The number of fused-ring (bicyclic) bond motifs is 1. The molecular weight excluding hydrogens is 450 g/mol. The van der Waals surface area contributed by atoms with E-state index < -0.39 is 0 Å². The quantitative estimate of drug-likeness (QED) is 0.350. The first-order chi connectivity index (χ1) is 16.7. The number of nitrogens with one attached hydrogen (secondary N) is 2. The minimum atomic E-state index is -0.242. The highest BCUT2D eigenvalue weighted by molar-refractivity contribution is 6.30. The molecule has 34 heavy (non-hydrogen) atoms. The molecule has 3 aromatic heterocycles. The number of hydrogen-bond donors (Lipinski definition) is 3. The first-order valence-corrected chi connectivity index (χ1v) is 12.3. The van der Waals surface area contributed by atoms with Crippen molar-refractivity contribution in [3.63, 3.8) is 0 Å². The van der Waals surface area contributed by atoms with Gasteiger partial charge in [0.15, 0.2) is 5.65 Å². The summed E-state index contributed by atoms with van der Waals surface area (Å²) in [6.07, 6.45) is 7.02. The third kappa shape index (κ3) is 5.34. The van der Waals surface area contributed by atoms with Crippen molar-refractivity contribution in [1.29, 1.82) is 0 Å². The van der Waals surface area contributed by atoms with Gasteiger partial charge in [-0.15, -0.1) is 5.10 Å². The lowest BCUT2D eigenvalue weighted by Crippen LogP contribution is -2.45. The first-order valence-electron chi connectivity index (χ1n) is 11.9. The Hall–Kier alpha value is -3.10. The Labute approximate surface area is 206 Å². The number of anilines is 3. The summed E-state index contributed by atoms with van der Waals surface area (Å²) in [6.45, 7) is 9.76. The summed E-state index contributed by atoms with van der Waals surface area (Å²) in [6, 6.07) is 11.9. The van der Waals surface area contributed by atoms with Crippen LogP contribution in [0.5, 0.6) is 0 Å². The molecule has 0 atom stereocenters. The fourth-order valence-electron chi connectivity index (χ4n) is 4.16. The number of aromatic nitrogens is 5. The SMILES string of the molecule is CC.CC.OCC1(c2ccc(Cl)cc2)CCN(c2cccn3nc(Nc4cn[nH]c4)nc23)CC1. The number of nitrogens with zero attached hydrogens (tertiary/aromatic N) is 5. The van der Waals surface area contributed by atoms with Gasteiger partial charge in [0.2, 0.25) is 5.95 Å². The molecule has 3 N–H and O–H groups in total. The number of piperidine rings is 1. The zero-order valence-corrected chi connectivity index (χ0v) is 21.0. The second-order valence-electron chi connectivity index (χ2n) is 7.64. The molecule has 0 radical (unpaired) electrons. The lowest BCUT2D eigenvalue weighted by molar-refractivity contribution is 0.165. The summed E-state index contributed by atoms with van der Waals surface area (Å²) in [5, 5.41) is 25.3. The number of hydrogen-bond acceptors (Lipinski definition) is 6. The number of aliphatic hydroxyl groups is 1. The lowest BCUT2D eigenvalue weighted by Gasteiger charge is -2.42. The van der Waals surface area contributed by atoms with E-state index in [9.17, 15) is 5.11 Å². The summed E-state index contributed by atoms with van der Waals surface area (Å²) in [5.74, 6) is 0.520. The van der Waals surface area contributed by atoms with Crippen LogP contribution in [0.4, 0.5) is 17.3 Å². The maximum absolute atomic E-state index is 10.2. The predicted octanol–water partition coefficient (Wildman–Crippen LogP) is 5.43. The molecule has 0 amide bonds. The van der Waals surface area contributed by atoms with E-state index in [1.165, 1.54) is 0 Å². The second-order valence-corrected chi connectivity index (χ2v) is 8.08. The Morgan fingerprint density at radius 1 is 1.09 bits per heavy atom. The fourth-order valence-corrected chi connectivity index (χ4v) is 4.28. The van der Waals surface area contributed by atoms with Gasteiger partial charge in [0.05, 0.1) is 24.2 Å². The van der Waals surface area contributed by atoms with Gasteiger partial charge >= 0.3 is 0 Å². The average Bonchev–Trinajstić information content (AvgIpc) is 3.56. The third-order valence-corrected chi connectivity index (χ3v) is 6.17. The molecule has 0 spiro atoms. The van der Waals surface area contributed by atoms with Crippen molar-refractivity contribution >= 4 is 34.6 Å².